The first-order chi connectivity index (χ1) is 13.8. The fourth-order valence-electron chi connectivity index (χ4n) is 2.93. The number of hydrogen-bond donors (Lipinski definition) is 1. The molecule has 0 unspecified atom stereocenters. The monoisotopic (exact) mass is 508 g/mol. The molecule has 29 heavy (non-hydrogen) atoms. The van der Waals surface area contributed by atoms with Gasteiger partial charge in [0.2, 0.25) is 9.84 Å². The van der Waals surface area contributed by atoms with E-state index in [0.717, 1.165) is 22.5 Å². The van der Waals surface area contributed by atoms with Crippen LogP contribution in [0.1, 0.15) is 9.67 Å². The summed E-state index contributed by atoms with van der Waals surface area (Å²) in [5.41, 5.74) is 2.16. The Morgan fingerprint density at radius 1 is 1.21 bits per heavy atom. The summed E-state index contributed by atoms with van der Waals surface area (Å²) in [5.74, 6) is -1.15. The van der Waals surface area contributed by atoms with Crippen LogP contribution < -0.4 is 0 Å². The van der Waals surface area contributed by atoms with Gasteiger partial charge >= 0.3 is 5.97 Å². The number of sulfone groups is 1. The second-order valence-electron chi connectivity index (χ2n) is 6.00. The molecule has 2 aromatic heterocycles. The fraction of sp³-hybridized carbons (Fsp3) is 0.0526. The number of aromatic carboxylic acids is 1. The number of aromatic nitrogens is 2. The van der Waals surface area contributed by atoms with Crippen molar-refractivity contribution in [3.8, 4) is 5.69 Å². The average molecular weight is 509 g/mol. The number of hydrogen-bond acceptors (Lipinski definition) is 6. The topological polar surface area (TPSA) is 89.3 Å². The van der Waals surface area contributed by atoms with Gasteiger partial charge in [-0.1, -0.05) is 18.2 Å². The zero-order valence-electron chi connectivity index (χ0n) is 14.9. The van der Waals surface area contributed by atoms with Gasteiger partial charge in [-0.25, -0.2) is 18.2 Å². The maximum Gasteiger partial charge on any atom is 0.345 e. The van der Waals surface area contributed by atoms with E-state index >= 15 is 0 Å². The molecule has 0 saturated carbocycles. The second-order valence-corrected chi connectivity index (χ2v) is 10.9. The molecule has 0 atom stereocenters. The third kappa shape index (κ3) is 3.50. The molecule has 1 N–H and O–H groups in total. The lowest BCUT2D eigenvalue weighted by atomic mass is 10.3. The lowest BCUT2D eigenvalue weighted by molar-refractivity contribution is 0.0702. The first-order valence-electron chi connectivity index (χ1n) is 8.21. The smallest absolute Gasteiger partial charge is 0.345 e. The molecule has 10 heteroatoms. The molecule has 0 aliphatic heterocycles. The minimum Gasteiger partial charge on any atom is -0.477 e. The zero-order valence-corrected chi connectivity index (χ0v) is 18.9. The van der Waals surface area contributed by atoms with Gasteiger partial charge in [-0.05, 0) is 52.5 Å². The SMILES string of the molecule is CSc1sc(C(=O)O)cc1S(=O)(=O)c1cc(Br)c2c(c1)ncn2-c1ccccc1. The van der Waals surface area contributed by atoms with Gasteiger partial charge in [0.25, 0.3) is 0 Å². The highest BCUT2D eigenvalue weighted by Gasteiger charge is 2.27. The number of carboxylic acid groups (broad SMARTS) is 1. The van der Waals surface area contributed by atoms with Gasteiger partial charge in [0.1, 0.15) is 11.2 Å². The van der Waals surface area contributed by atoms with Crippen LogP contribution in [0.5, 0.6) is 0 Å². The maximum atomic E-state index is 13.3. The molecule has 0 aliphatic carbocycles. The van der Waals surface area contributed by atoms with Crippen molar-refractivity contribution >= 4 is 65.9 Å². The van der Waals surface area contributed by atoms with E-state index in [0.29, 0.717) is 14.2 Å². The average Bonchev–Trinajstić information content (AvgIpc) is 3.33. The van der Waals surface area contributed by atoms with Gasteiger partial charge in [0.05, 0.1) is 25.0 Å². The van der Waals surface area contributed by atoms with Crippen molar-refractivity contribution < 1.29 is 18.3 Å². The molecule has 0 radical (unpaired) electrons. The predicted molar refractivity (Wildman–Crippen MR) is 117 cm³/mol. The van der Waals surface area contributed by atoms with Crippen LogP contribution in [0, 0.1) is 0 Å². The van der Waals surface area contributed by atoms with Crippen LogP contribution in [0.2, 0.25) is 0 Å². The van der Waals surface area contributed by atoms with Crippen molar-refractivity contribution in [2.75, 3.05) is 6.26 Å². The van der Waals surface area contributed by atoms with Crippen LogP contribution in [0.4, 0.5) is 0 Å². The van der Waals surface area contributed by atoms with Crippen LogP contribution in [0.15, 0.2) is 73.3 Å². The fourth-order valence-corrected chi connectivity index (χ4v) is 7.61. The quantitative estimate of drug-likeness (QED) is 0.377. The molecule has 0 amide bonds. The largest absolute Gasteiger partial charge is 0.477 e. The molecular formula is C19H13BrN2O4S3. The zero-order chi connectivity index (χ0) is 20.8. The maximum absolute atomic E-state index is 13.3. The summed E-state index contributed by atoms with van der Waals surface area (Å²) < 4.78 is 29.4. The van der Waals surface area contributed by atoms with Crippen molar-refractivity contribution in [1.29, 1.82) is 0 Å². The molecule has 4 aromatic rings. The van der Waals surface area contributed by atoms with Crippen molar-refractivity contribution in [2.45, 2.75) is 14.0 Å². The Kier molecular flexibility index (Phi) is 5.28. The number of rotatable bonds is 5. The number of halogens is 1. The number of thioether (sulfide) groups is 1. The molecule has 2 aromatic carbocycles. The summed E-state index contributed by atoms with van der Waals surface area (Å²) in [4.78, 5) is 15.7. The number of carbonyl (C=O) groups is 1. The summed E-state index contributed by atoms with van der Waals surface area (Å²) >= 11 is 5.64. The molecule has 148 valence electrons. The van der Waals surface area contributed by atoms with Crippen LogP contribution in [0.25, 0.3) is 16.7 Å². The van der Waals surface area contributed by atoms with Crippen molar-refractivity contribution in [3.05, 3.63) is 64.2 Å². The van der Waals surface area contributed by atoms with E-state index in [1.807, 2.05) is 34.9 Å². The summed E-state index contributed by atoms with van der Waals surface area (Å²) in [6, 6.07) is 13.9. The van der Waals surface area contributed by atoms with Crippen LogP contribution in [-0.4, -0.2) is 35.3 Å². The Labute approximate surface area is 183 Å². The normalized spacial score (nSPS) is 11.8. The molecule has 0 bridgehead atoms. The lowest BCUT2D eigenvalue weighted by Crippen LogP contribution is -2.03. The molecule has 0 saturated heterocycles. The first kappa shape index (κ1) is 20.1. The molecule has 0 fully saturated rings. The number of benzene rings is 2. The number of imidazole rings is 1. The number of para-hydroxylation sites is 1. The van der Waals surface area contributed by atoms with E-state index in [1.165, 1.54) is 30.0 Å². The minimum atomic E-state index is -3.92. The highest BCUT2D eigenvalue weighted by Crippen LogP contribution is 2.39. The van der Waals surface area contributed by atoms with Gasteiger partial charge in [-0.15, -0.1) is 23.1 Å². The second kappa shape index (κ2) is 7.60. The van der Waals surface area contributed by atoms with Crippen molar-refractivity contribution in [1.82, 2.24) is 9.55 Å². The predicted octanol–water partition coefficient (Wildman–Crippen LogP) is 5.10. The van der Waals surface area contributed by atoms with E-state index in [-0.39, 0.29) is 14.7 Å². The Morgan fingerprint density at radius 2 is 1.93 bits per heavy atom. The molecule has 0 spiro atoms. The number of carboxylic acids is 1. The molecular weight excluding hydrogens is 496 g/mol. The number of fused-ring (bicyclic) bond motifs is 1. The van der Waals surface area contributed by atoms with Crippen LogP contribution in [-0.2, 0) is 9.84 Å². The molecule has 4 rings (SSSR count). The summed E-state index contributed by atoms with van der Waals surface area (Å²) in [6.45, 7) is 0. The van der Waals surface area contributed by atoms with Crippen LogP contribution >= 0.6 is 39.0 Å². The highest BCUT2D eigenvalue weighted by molar-refractivity contribution is 9.10. The summed E-state index contributed by atoms with van der Waals surface area (Å²) in [5, 5.41) is 9.24. The van der Waals surface area contributed by atoms with E-state index in [9.17, 15) is 18.3 Å². The van der Waals surface area contributed by atoms with Crippen molar-refractivity contribution in [3.63, 3.8) is 0 Å². The minimum absolute atomic E-state index is 0.00106. The third-order valence-corrected chi connectivity index (χ3v) is 9.14. The standard InChI is InChI=1S/C19H13BrN2O4S3/c1-27-19-16(9-15(28-19)18(23)24)29(25,26)12-7-13(20)17-14(8-12)21-10-22(17)11-5-3-2-4-6-11/h2-10H,1H3,(H,23,24). The van der Waals surface area contributed by atoms with E-state index in [4.69, 9.17) is 0 Å². The highest BCUT2D eigenvalue weighted by atomic mass is 79.9. The molecule has 2 heterocycles. The summed E-state index contributed by atoms with van der Waals surface area (Å²) in [6.07, 6.45) is 3.36. The lowest BCUT2D eigenvalue weighted by Gasteiger charge is -2.08. The van der Waals surface area contributed by atoms with E-state index in [1.54, 1.807) is 12.6 Å². The van der Waals surface area contributed by atoms with Crippen LogP contribution in [0.3, 0.4) is 0 Å². The number of nitrogens with zero attached hydrogens (tertiary/aromatic N) is 2. The Balaban J connectivity index is 1.88. The molecule has 0 aliphatic rings. The van der Waals surface area contributed by atoms with E-state index < -0.39 is 15.8 Å². The van der Waals surface area contributed by atoms with Gasteiger partial charge in [0, 0.05) is 10.2 Å². The Hall–Kier alpha value is -2.14. The first-order valence-corrected chi connectivity index (χ1v) is 12.5. The van der Waals surface area contributed by atoms with Gasteiger partial charge in [0.15, 0.2) is 0 Å². The van der Waals surface area contributed by atoms with Gasteiger partial charge in [-0.3, -0.25) is 4.57 Å². The molecule has 6 nitrogen and oxygen atoms in total. The third-order valence-electron chi connectivity index (χ3n) is 4.27. The van der Waals surface area contributed by atoms with Crippen molar-refractivity contribution in [2.24, 2.45) is 0 Å². The summed E-state index contributed by atoms with van der Waals surface area (Å²) in [7, 11) is -3.92. The number of thiophene rings is 1. The van der Waals surface area contributed by atoms with Gasteiger partial charge in [-0.2, -0.15) is 0 Å². The van der Waals surface area contributed by atoms with Gasteiger partial charge < -0.3 is 5.11 Å². The Bertz CT molecular complexity index is 1340. The Morgan fingerprint density at radius 3 is 2.59 bits per heavy atom. The van der Waals surface area contributed by atoms with E-state index in [2.05, 4.69) is 20.9 Å².